The Morgan fingerprint density at radius 3 is 2.43 bits per heavy atom. The summed E-state index contributed by atoms with van der Waals surface area (Å²) in [6.07, 6.45) is 1.01. The first-order chi connectivity index (χ1) is 10.1. The molecule has 0 saturated carbocycles. The highest BCUT2D eigenvalue weighted by molar-refractivity contribution is 9.10. The summed E-state index contributed by atoms with van der Waals surface area (Å²) in [5.41, 5.74) is 1.96. The summed E-state index contributed by atoms with van der Waals surface area (Å²) in [5.74, 6) is 0.894. The van der Waals surface area contributed by atoms with Crippen molar-refractivity contribution in [2.75, 3.05) is 11.9 Å². The van der Waals surface area contributed by atoms with E-state index in [1.54, 1.807) is 0 Å². The number of nitrogens with one attached hydrogen (secondary N) is 1. The summed E-state index contributed by atoms with van der Waals surface area (Å²) in [7, 11) is 0. The quantitative estimate of drug-likeness (QED) is 0.598. The molecule has 0 bridgehead atoms. The molecule has 0 saturated heterocycles. The van der Waals surface area contributed by atoms with Crippen LogP contribution in [0.4, 0.5) is 5.69 Å². The summed E-state index contributed by atoms with van der Waals surface area (Å²) in [5, 5.41) is 4.32. The van der Waals surface area contributed by atoms with Gasteiger partial charge >= 0.3 is 0 Å². The molecule has 0 aromatic heterocycles. The highest BCUT2D eigenvalue weighted by Gasteiger charge is 2.08. The lowest BCUT2D eigenvalue weighted by atomic mass is 10.2. The van der Waals surface area contributed by atoms with Crippen molar-refractivity contribution >= 4 is 44.8 Å². The van der Waals surface area contributed by atoms with Crippen molar-refractivity contribution in [1.29, 1.82) is 0 Å². The predicted octanol–water partition coefficient (Wildman–Crippen LogP) is 6.16. The molecule has 0 amide bonds. The number of rotatable bonds is 6. The van der Waals surface area contributed by atoms with Gasteiger partial charge in [0.25, 0.3) is 0 Å². The van der Waals surface area contributed by atoms with Crippen molar-refractivity contribution in [2.45, 2.75) is 19.9 Å². The number of hydrogen-bond acceptors (Lipinski definition) is 2. The minimum Gasteiger partial charge on any atom is -0.494 e. The first kappa shape index (κ1) is 16.5. The SMILES string of the molecule is CCCOc1ccc(CNc2ccc(Br)c(Cl)c2Cl)cc1. The Labute approximate surface area is 143 Å². The van der Waals surface area contributed by atoms with E-state index >= 15 is 0 Å². The number of hydrogen-bond donors (Lipinski definition) is 1. The Balaban J connectivity index is 1.98. The zero-order valence-corrected chi connectivity index (χ0v) is 14.7. The fourth-order valence-electron chi connectivity index (χ4n) is 1.78. The molecule has 0 aliphatic rings. The molecule has 0 unspecified atom stereocenters. The maximum absolute atomic E-state index is 6.20. The van der Waals surface area contributed by atoms with E-state index in [9.17, 15) is 0 Å². The van der Waals surface area contributed by atoms with Crippen LogP contribution in [0.3, 0.4) is 0 Å². The van der Waals surface area contributed by atoms with E-state index in [0.717, 1.165) is 34.5 Å². The normalized spacial score (nSPS) is 10.5. The van der Waals surface area contributed by atoms with E-state index in [2.05, 4.69) is 28.2 Å². The van der Waals surface area contributed by atoms with Gasteiger partial charge in [-0.3, -0.25) is 0 Å². The molecule has 0 spiro atoms. The molecular weight excluding hydrogens is 373 g/mol. The Morgan fingerprint density at radius 1 is 1.05 bits per heavy atom. The smallest absolute Gasteiger partial charge is 0.119 e. The molecule has 0 radical (unpaired) electrons. The molecule has 2 aromatic rings. The Hall–Kier alpha value is -0.900. The van der Waals surface area contributed by atoms with Crippen molar-refractivity contribution in [3.05, 3.63) is 56.5 Å². The Kier molecular flexibility index (Phi) is 6.22. The van der Waals surface area contributed by atoms with Crippen LogP contribution in [0, 0.1) is 0 Å². The molecule has 2 nitrogen and oxygen atoms in total. The van der Waals surface area contributed by atoms with Crippen LogP contribution in [0.2, 0.25) is 10.0 Å². The van der Waals surface area contributed by atoms with Gasteiger partial charge in [-0.1, -0.05) is 42.3 Å². The lowest BCUT2D eigenvalue weighted by molar-refractivity contribution is 0.317. The molecule has 5 heteroatoms. The Bertz CT molecular complexity index is 602. The fourth-order valence-corrected chi connectivity index (χ4v) is 2.62. The third-order valence-electron chi connectivity index (χ3n) is 2.91. The van der Waals surface area contributed by atoms with Crippen molar-refractivity contribution in [3.63, 3.8) is 0 Å². The average molecular weight is 389 g/mol. The summed E-state index contributed by atoms with van der Waals surface area (Å²) in [6, 6.07) is 11.8. The van der Waals surface area contributed by atoms with E-state index < -0.39 is 0 Å². The van der Waals surface area contributed by atoms with Crippen LogP contribution < -0.4 is 10.1 Å². The van der Waals surface area contributed by atoms with Crippen molar-refractivity contribution < 1.29 is 4.74 Å². The summed E-state index contributed by atoms with van der Waals surface area (Å²) in [4.78, 5) is 0. The van der Waals surface area contributed by atoms with Crippen LogP contribution in [-0.4, -0.2) is 6.61 Å². The molecular formula is C16H16BrCl2NO. The van der Waals surface area contributed by atoms with E-state index in [1.165, 1.54) is 0 Å². The van der Waals surface area contributed by atoms with Crippen LogP contribution >= 0.6 is 39.1 Å². The molecule has 0 aliphatic carbocycles. The Morgan fingerprint density at radius 2 is 1.76 bits per heavy atom. The highest BCUT2D eigenvalue weighted by atomic mass is 79.9. The number of anilines is 1. The highest BCUT2D eigenvalue weighted by Crippen LogP contribution is 2.36. The van der Waals surface area contributed by atoms with Crippen LogP contribution in [0.15, 0.2) is 40.9 Å². The number of halogens is 3. The van der Waals surface area contributed by atoms with Gasteiger partial charge in [-0.05, 0) is 52.2 Å². The number of benzene rings is 2. The largest absolute Gasteiger partial charge is 0.494 e. The molecule has 0 atom stereocenters. The first-order valence-electron chi connectivity index (χ1n) is 6.71. The van der Waals surface area contributed by atoms with Gasteiger partial charge in [0, 0.05) is 11.0 Å². The number of ether oxygens (including phenoxy) is 1. The standard InChI is InChI=1S/C16H16BrCl2NO/c1-2-9-21-12-5-3-11(4-6-12)10-20-14-8-7-13(17)15(18)16(14)19/h3-8,20H,2,9-10H2,1H3. The van der Waals surface area contributed by atoms with Gasteiger partial charge in [0.1, 0.15) is 5.75 Å². The van der Waals surface area contributed by atoms with Crippen LogP contribution in [0.1, 0.15) is 18.9 Å². The maximum atomic E-state index is 6.20. The summed E-state index contributed by atoms with van der Waals surface area (Å²) >= 11 is 15.6. The summed E-state index contributed by atoms with van der Waals surface area (Å²) in [6.45, 7) is 3.50. The van der Waals surface area contributed by atoms with E-state index in [1.807, 2.05) is 36.4 Å². The van der Waals surface area contributed by atoms with Crippen LogP contribution in [0.25, 0.3) is 0 Å². The molecule has 0 heterocycles. The molecule has 1 N–H and O–H groups in total. The fraction of sp³-hybridized carbons (Fsp3) is 0.250. The minimum absolute atomic E-state index is 0.519. The van der Waals surface area contributed by atoms with Gasteiger partial charge in [-0.25, -0.2) is 0 Å². The van der Waals surface area contributed by atoms with Crippen molar-refractivity contribution in [2.24, 2.45) is 0 Å². The van der Waals surface area contributed by atoms with Gasteiger partial charge in [0.05, 0.1) is 22.3 Å². The third-order valence-corrected chi connectivity index (χ3v) is 4.69. The van der Waals surface area contributed by atoms with Crippen molar-refractivity contribution in [3.8, 4) is 5.75 Å². The topological polar surface area (TPSA) is 21.3 Å². The van der Waals surface area contributed by atoms with Gasteiger partial charge in [0.2, 0.25) is 0 Å². The first-order valence-corrected chi connectivity index (χ1v) is 8.25. The second-order valence-electron chi connectivity index (χ2n) is 4.57. The van der Waals surface area contributed by atoms with E-state index in [-0.39, 0.29) is 0 Å². The predicted molar refractivity (Wildman–Crippen MR) is 93.7 cm³/mol. The van der Waals surface area contributed by atoms with Gasteiger partial charge < -0.3 is 10.1 Å². The average Bonchev–Trinajstić information content (AvgIpc) is 2.51. The third kappa shape index (κ3) is 4.53. The zero-order chi connectivity index (χ0) is 15.2. The molecule has 21 heavy (non-hydrogen) atoms. The van der Waals surface area contributed by atoms with Crippen LogP contribution in [-0.2, 0) is 6.54 Å². The zero-order valence-electron chi connectivity index (χ0n) is 11.6. The van der Waals surface area contributed by atoms with Crippen LogP contribution in [0.5, 0.6) is 5.75 Å². The van der Waals surface area contributed by atoms with Gasteiger partial charge in [0.15, 0.2) is 0 Å². The molecule has 0 fully saturated rings. The van der Waals surface area contributed by atoms with Gasteiger partial charge in [-0.15, -0.1) is 0 Å². The molecule has 2 rings (SSSR count). The molecule has 0 aliphatic heterocycles. The monoisotopic (exact) mass is 387 g/mol. The van der Waals surface area contributed by atoms with Gasteiger partial charge in [-0.2, -0.15) is 0 Å². The maximum Gasteiger partial charge on any atom is 0.119 e. The van der Waals surface area contributed by atoms with E-state index in [0.29, 0.717) is 16.6 Å². The van der Waals surface area contributed by atoms with Crippen molar-refractivity contribution in [1.82, 2.24) is 0 Å². The lowest BCUT2D eigenvalue weighted by Gasteiger charge is -2.11. The second-order valence-corrected chi connectivity index (χ2v) is 6.18. The van der Waals surface area contributed by atoms with E-state index in [4.69, 9.17) is 27.9 Å². The molecule has 2 aromatic carbocycles. The lowest BCUT2D eigenvalue weighted by Crippen LogP contribution is -2.01. The minimum atomic E-state index is 0.519. The molecule has 112 valence electrons. The summed E-state index contributed by atoms with van der Waals surface area (Å²) < 4.78 is 6.35. The second kappa shape index (κ2) is 7.92.